The monoisotopic (exact) mass is 212 g/mol. The first-order valence-electron chi connectivity index (χ1n) is 5.68. The highest BCUT2D eigenvalue weighted by molar-refractivity contribution is 5.84. The normalized spacial score (nSPS) is 24.5. The number of carbonyl (C=O) groups is 2. The van der Waals surface area contributed by atoms with Gasteiger partial charge in [-0.1, -0.05) is 20.3 Å². The van der Waals surface area contributed by atoms with Gasteiger partial charge in [-0.15, -0.1) is 0 Å². The van der Waals surface area contributed by atoms with Crippen LogP contribution in [0.4, 0.5) is 0 Å². The van der Waals surface area contributed by atoms with Crippen molar-refractivity contribution in [2.45, 2.75) is 45.2 Å². The van der Waals surface area contributed by atoms with Gasteiger partial charge >= 0.3 is 0 Å². The predicted molar refractivity (Wildman–Crippen MR) is 58.5 cm³/mol. The fourth-order valence-electron chi connectivity index (χ4n) is 1.74. The van der Waals surface area contributed by atoms with Gasteiger partial charge in [0.15, 0.2) is 0 Å². The third-order valence-corrected chi connectivity index (χ3v) is 3.09. The zero-order chi connectivity index (χ0) is 11.3. The van der Waals surface area contributed by atoms with Crippen LogP contribution in [-0.2, 0) is 9.59 Å². The van der Waals surface area contributed by atoms with Gasteiger partial charge < -0.3 is 15.4 Å². The van der Waals surface area contributed by atoms with E-state index < -0.39 is 0 Å². The van der Waals surface area contributed by atoms with Gasteiger partial charge in [0.1, 0.15) is 6.29 Å². The van der Waals surface area contributed by atoms with Gasteiger partial charge in [-0.05, 0) is 25.3 Å². The number of aldehydes is 1. The fourth-order valence-corrected chi connectivity index (χ4v) is 1.74. The highest BCUT2D eigenvalue weighted by atomic mass is 16.2. The van der Waals surface area contributed by atoms with Gasteiger partial charge in [-0.25, -0.2) is 0 Å². The van der Waals surface area contributed by atoms with Crippen LogP contribution in [0.3, 0.4) is 0 Å². The van der Waals surface area contributed by atoms with Crippen LogP contribution in [0.25, 0.3) is 0 Å². The Morgan fingerprint density at radius 3 is 2.87 bits per heavy atom. The van der Waals surface area contributed by atoms with Crippen molar-refractivity contribution in [2.24, 2.45) is 5.92 Å². The molecule has 1 heterocycles. The molecule has 0 aromatic heterocycles. The summed E-state index contributed by atoms with van der Waals surface area (Å²) in [5, 5.41) is 5.90. The van der Waals surface area contributed by atoms with Crippen LogP contribution in [0.2, 0.25) is 0 Å². The van der Waals surface area contributed by atoms with Gasteiger partial charge in [0.2, 0.25) is 5.91 Å². The summed E-state index contributed by atoms with van der Waals surface area (Å²) in [5.74, 6) is 0.165. The molecule has 1 rings (SSSR count). The molecule has 1 fully saturated rings. The number of hydrogen-bond donors (Lipinski definition) is 2. The Morgan fingerprint density at radius 1 is 1.67 bits per heavy atom. The van der Waals surface area contributed by atoms with Crippen LogP contribution in [-0.4, -0.2) is 30.8 Å². The van der Waals surface area contributed by atoms with Crippen molar-refractivity contribution >= 4 is 12.2 Å². The van der Waals surface area contributed by atoms with E-state index in [1.54, 1.807) is 0 Å². The molecule has 0 aromatic carbocycles. The number of carbonyl (C=O) groups excluding carboxylic acids is 2. The van der Waals surface area contributed by atoms with E-state index in [0.717, 1.165) is 32.1 Å². The van der Waals surface area contributed by atoms with Crippen molar-refractivity contribution in [1.29, 1.82) is 0 Å². The summed E-state index contributed by atoms with van der Waals surface area (Å²) >= 11 is 0. The molecule has 4 nitrogen and oxygen atoms in total. The van der Waals surface area contributed by atoms with Gasteiger partial charge in [-0.3, -0.25) is 4.79 Å². The maximum atomic E-state index is 11.7. The molecule has 0 unspecified atom stereocenters. The van der Waals surface area contributed by atoms with Crippen molar-refractivity contribution in [3.05, 3.63) is 0 Å². The molecule has 1 saturated heterocycles. The van der Waals surface area contributed by atoms with E-state index in [2.05, 4.69) is 10.6 Å². The standard InChI is InChI=1S/C11H20N2O2/c1-3-8(2)10(7-14)13-11(15)9-5-4-6-12-9/h7-10,12H,3-6H2,1-2H3,(H,13,15)/t8-,9-,10+/m0/s1. The topological polar surface area (TPSA) is 58.2 Å². The molecule has 0 aliphatic carbocycles. The van der Waals surface area contributed by atoms with Crippen LogP contribution in [0.15, 0.2) is 0 Å². The average molecular weight is 212 g/mol. The zero-order valence-electron chi connectivity index (χ0n) is 9.45. The molecule has 86 valence electrons. The van der Waals surface area contributed by atoms with E-state index in [1.165, 1.54) is 0 Å². The average Bonchev–Trinajstić information content (AvgIpc) is 2.77. The van der Waals surface area contributed by atoms with Crippen molar-refractivity contribution in [3.63, 3.8) is 0 Å². The van der Waals surface area contributed by atoms with Gasteiger partial charge in [-0.2, -0.15) is 0 Å². The van der Waals surface area contributed by atoms with E-state index >= 15 is 0 Å². The molecule has 0 saturated carbocycles. The first-order chi connectivity index (χ1) is 7.19. The smallest absolute Gasteiger partial charge is 0.237 e. The zero-order valence-corrected chi connectivity index (χ0v) is 9.45. The quantitative estimate of drug-likeness (QED) is 0.651. The maximum absolute atomic E-state index is 11.7. The van der Waals surface area contributed by atoms with E-state index in [1.807, 2.05) is 13.8 Å². The molecule has 2 N–H and O–H groups in total. The lowest BCUT2D eigenvalue weighted by Gasteiger charge is -2.20. The first kappa shape index (κ1) is 12.2. The molecule has 1 aliphatic rings. The Labute approximate surface area is 90.8 Å². The highest BCUT2D eigenvalue weighted by Gasteiger charge is 2.25. The lowest BCUT2D eigenvalue weighted by Crippen LogP contribution is -2.48. The molecular weight excluding hydrogens is 192 g/mol. The third-order valence-electron chi connectivity index (χ3n) is 3.09. The minimum Gasteiger partial charge on any atom is -0.345 e. The summed E-state index contributed by atoms with van der Waals surface area (Å²) in [6.45, 7) is 4.88. The predicted octanol–water partition coefficient (Wildman–Crippen LogP) is 0.468. The lowest BCUT2D eigenvalue weighted by atomic mass is 10.00. The Bertz CT molecular complexity index is 225. The van der Waals surface area contributed by atoms with Gasteiger partial charge in [0.25, 0.3) is 0 Å². The molecule has 3 atom stereocenters. The Balaban J connectivity index is 2.43. The van der Waals surface area contributed by atoms with E-state index in [9.17, 15) is 9.59 Å². The van der Waals surface area contributed by atoms with Crippen molar-refractivity contribution < 1.29 is 9.59 Å². The molecule has 1 amide bonds. The maximum Gasteiger partial charge on any atom is 0.237 e. The third kappa shape index (κ3) is 3.30. The Hall–Kier alpha value is -0.900. The molecule has 1 aliphatic heterocycles. The molecular formula is C11H20N2O2. The van der Waals surface area contributed by atoms with Crippen LogP contribution in [0.5, 0.6) is 0 Å². The van der Waals surface area contributed by atoms with Crippen LogP contribution < -0.4 is 10.6 Å². The lowest BCUT2D eigenvalue weighted by molar-refractivity contribution is -0.126. The largest absolute Gasteiger partial charge is 0.345 e. The van der Waals surface area contributed by atoms with Gasteiger partial charge in [0, 0.05) is 0 Å². The fraction of sp³-hybridized carbons (Fsp3) is 0.818. The summed E-state index contributed by atoms with van der Waals surface area (Å²) in [5.41, 5.74) is 0. The summed E-state index contributed by atoms with van der Waals surface area (Å²) < 4.78 is 0. The summed E-state index contributed by atoms with van der Waals surface area (Å²) in [4.78, 5) is 22.5. The highest BCUT2D eigenvalue weighted by Crippen LogP contribution is 2.08. The van der Waals surface area contributed by atoms with E-state index in [-0.39, 0.29) is 23.9 Å². The van der Waals surface area contributed by atoms with Gasteiger partial charge in [0.05, 0.1) is 12.1 Å². The van der Waals surface area contributed by atoms with E-state index in [0.29, 0.717) is 0 Å². The molecule has 0 bridgehead atoms. The summed E-state index contributed by atoms with van der Waals surface area (Å²) in [6, 6.07) is -0.443. The number of hydrogen-bond acceptors (Lipinski definition) is 3. The minimum atomic E-state index is -0.343. The number of amides is 1. The van der Waals surface area contributed by atoms with E-state index in [4.69, 9.17) is 0 Å². The summed E-state index contributed by atoms with van der Waals surface area (Å²) in [7, 11) is 0. The van der Waals surface area contributed by atoms with Crippen LogP contribution in [0, 0.1) is 5.92 Å². The summed E-state index contributed by atoms with van der Waals surface area (Å²) in [6.07, 6.45) is 3.63. The second-order valence-electron chi connectivity index (χ2n) is 4.20. The SMILES string of the molecule is CC[C@H](C)[C@@H](C=O)NC(=O)[C@@H]1CCCN1. The first-order valence-corrected chi connectivity index (χ1v) is 5.68. The van der Waals surface area contributed by atoms with Crippen molar-refractivity contribution in [2.75, 3.05) is 6.54 Å². The van der Waals surface area contributed by atoms with Crippen LogP contribution in [0.1, 0.15) is 33.1 Å². The molecule has 15 heavy (non-hydrogen) atoms. The van der Waals surface area contributed by atoms with Crippen LogP contribution >= 0.6 is 0 Å². The van der Waals surface area contributed by atoms with Crippen molar-refractivity contribution in [1.82, 2.24) is 10.6 Å². The molecule has 0 radical (unpaired) electrons. The van der Waals surface area contributed by atoms with Crippen molar-refractivity contribution in [3.8, 4) is 0 Å². The second-order valence-corrected chi connectivity index (χ2v) is 4.20. The molecule has 4 heteroatoms. The number of nitrogens with one attached hydrogen (secondary N) is 2. The second kappa shape index (κ2) is 5.85. The molecule has 0 spiro atoms. The number of rotatable bonds is 5. The Morgan fingerprint density at radius 2 is 2.40 bits per heavy atom. The minimum absolute atomic E-state index is 0.0371. The Kier molecular flexibility index (Phi) is 4.75. The molecule has 0 aromatic rings.